The second kappa shape index (κ2) is 8.23. The number of aryl methyl sites for hydroxylation is 2. The van der Waals surface area contributed by atoms with Crippen LogP contribution < -0.4 is 5.32 Å². The summed E-state index contributed by atoms with van der Waals surface area (Å²) >= 11 is 5.61. The minimum absolute atomic E-state index is 0.521. The molecule has 1 aromatic rings. The molecular weight excluding hydrogens is 310 g/mol. The Balaban J connectivity index is 2.89. The first-order chi connectivity index (χ1) is 8.67. The van der Waals surface area contributed by atoms with Crippen molar-refractivity contribution in [3.8, 4) is 0 Å². The number of rotatable bonds is 8. The Morgan fingerprint density at radius 3 is 2.61 bits per heavy atom. The molecule has 18 heavy (non-hydrogen) atoms. The molecule has 104 valence electrons. The first-order valence-corrected chi connectivity index (χ1v) is 8.82. The van der Waals surface area contributed by atoms with Gasteiger partial charge in [-0.25, -0.2) is 0 Å². The lowest BCUT2D eigenvalue weighted by Crippen LogP contribution is -2.34. The molecule has 0 spiro atoms. The van der Waals surface area contributed by atoms with E-state index in [9.17, 15) is 0 Å². The van der Waals surface area contributed by atoms with Crippen LogP contribution in [0.4, 0.5) is 0 Å². The average Bonchev–Trinajstić information content (AvgIpc) is 2.67. The number of halogens is 1. The fourth-order valence-corrected chi connectivity index (χ4v) is 3.49. The van der Waals surface area contributed by atoms with Gasteiger partial charge >= 0.3 is 0 Å². The van der Waals surface area contributed by atoms with Crippen molar-refractivity contribution in [3.05, 3.63) is 15.9 Å². The first-order valence-electron chi connectivity index (χ1n) is 6.64. The summed E-state index contributed by atoms with van der Waals surface area (Å²) in [5.41, 5.74) is 2.50. The third kappa shape index (κ3) is 4.00. The zero-order chi connectivity index (χ0) is 13.5. The standard InChI is InChI=1S/C13H24BrN3S/c1-5-11-13(14)12(17(7-3)16-11)8-10(9-18-4)15-6-2/h10,15H,5-9H2,1-4H3. The van der Waals surface area contributed by atoms with Gasteiger partial charge in [-0.3, -0.25) is 4.68 Å². The summed E-state index contributed by atoms with van der Waals surface area (Å²) in [5.74, 6) is 1.14. The lowest BCUT2D eigenvalue weighted by Gasteiger charge is -2.17. The van der Waals surface area contributed by atoms with Crippen molar-refractivity contribution in [2.75, 3.05) is 18.6 Å². The Bertz CT molecular complexity index is 359. The minimum Gasteiger partial charge on any atom is -0.313 e. The smallest absolute Gasteiger partial charge is 0.0766 e. The lowest BCUT2D eigenvalue weighted by molar-refractivity contribution is 0.532. The molecule has 0 fully saturated rings. The molecule has 0 aliphatic rings. The molecule has 0 saturated carbocycles. The predicted molar refractivity (Wildman–Crippen MR) is 84.5 cm³/mol. The molecule has 5 heteroatoms. The van der Waals surface area contributed by atoms with E-state index >= 15 is 0 Å². The van der Waals surface area contributed by atoms with Crippen molar-refractivity contribution in [2.24, 2.45) is 0 Å². The summed E-state index contributed by atoms with van der Waals surface area (Å²) in [6.45, 7) is 8.42. The van der Waals surface area contributed by atoms with Crippen molar-refractivity contribution >= 4 is 27.7 Å². The molecule has 1 rings (SSSR count). The summed E-state index contributed by atoms with van der Waals surface area (Å²) in [5, 5.41) is 8.21. The van der Waals surface area contributed by atoms with Crippen LogP contribution in [-0.4, -0.2) is 34.4 Å². The van der Waals surface area contributed by atoms with Crippen LogP contribution in [-0.2, 0) is 19.4 Å². The van der Waals surface area contributed by atoms with Gasteiger partial charge in [0.2, 0.25) is 0 Å². The molecule has 1 aromatic heterocycles. The van der Waals surface area contributed by atoms with E-state index in [0.29, 0.717) is 6.04 Å². The van der Waals surface area contributed by atoms with Crippen LogP contribution in [0.1, 0.15) is 32.2 Å². The summed E-state index contributed by atoms with van der Waals surface area (Å²) in [4.78, 5) is 0. The molecule has 0 saturated heterocycles. The monoisotopic (exact) mass is 333 g/mol. The van der Waals surface area contributed by atoms with Gasteiger partial charge < -0.3 is 5.32 Å². The number of nitrogens with one attached hydrogen (secondary N) is 1. The maximum absolute atomic E-state index is 4.66. The topological polar surface area (TPSA) is 29.9 Å². The van der Waals surface area contributed by atoms with E-state index in [1.165, 1.54) is 15.9 Å². The van der Waals surface area contributed by atoms with Crippen LogP contribution in [0.3, 0.4) is 0 Å². The maximum Gasteiger partial charge on any atom is 0.0766 e. The van der Waals surface area contributed by atoms with Gasteiger partial charge in [-0.05, 0) is 42.1 Å². The van der Waals surface area contributed by atoms with Gasteiger partial charge in [-0.2, -0.15) is 16.9 Å². The number of hydrogen-bond acceptors (Lipinski definition) is 3. The zero-order valence-electron chi connectivity index (χ0n) is 11.8. The summed E-state index contributed by atoms with van der Waals surface area (Å²) in [6.07, 6.45) is 4.18. The summed E-state index contributed by atoms with van der Waals surface area (Å²) < 4.78 is 3.34. The van der Waals surface area contributed by atoms with E-state index < -0.39 is 0 Å². The number of likely N-dealkylation sites (N-methyl/N-ethyl adjacent to an activating group) is 1. The number of nitrogens with zero attached hydrogens (tertiary/aromatic N) is 2. The van der Waals surface area contributed by atoms with Crippen molar-refractivity contribution in [1.82, 2.24) is 15.1 Å². The largest absolute Gasteiger partial charge is 0.313 e. The van der Waals surface area contributed by atoms with E-state index in [1.54, 1.807) is 0 Å². The van der Waals surface area contributed by atoms with Crippen molar-refractivity contribution < 1.29 is 0 Å². The van der Waals surface area contributed by atoms with E-state index in [1.807, 2.05) is 11.8 Å². The Morgan fingerprint density at radius 1 is 1.39 bits per heavy atom. The quantitative estimate of drug-likeness (QED) is 0.792. The van der Waals surface area contributed by atoms with Crippen LogP contribution in [0.25, 0.3) is 0 Å². The Hall–Kier alpha value is 0. The van der Waals surface area contributed by atoms with E-state index in [4.69, 9.17) is 0 Å². The minimum atomic E-state index is 0.521. The van der Waals surface area contributed by atoms with Crippen LogP contribution in [0.2, 0.25) is 0 Å². The Morgan fingerprint density at radius 2 is 2.11 bits per heavy atom. The first kappa shape index (κ1) is 16.1. The number of hydrogen-bond donors (Lipinski definition) is 1. The molecule has 0 aliphatic carbocycles. The molecular formula is C13H24BrN3S. The molecule has 0 aromatic carbocycles. The highest BCUT2D eigenvalue weighted by Crippen LogP contribution is 2.24. The van der Waals surface area contributed by atoms with Gasteiger partial charge in [0, 0.05) is 24.8 Å². The molecule has 1 atom stereocenters. The van der Waals surface area contributed by atoms with Gasteiger partial charge in [0.15, 0.2) is 0 Å². The lowest BCUT2D eigenvalue weighted by atomic mass is 10.1. The zero-order valence-corrected chi connectivity index (χ0v) is 14.2. The molecule has 1 heterocycles. The van der Waals surface area contributed by atoms with Gasteiger partial charge in [-0.1, -0.05) is 13.8 Å². The Labute approximate surface area is 123 Å². The maximum atomic E-state index is 4.66. The number of thioether (sulfide) groups is 1. The van der Waals surface area contributed by atoms with E-state index in [2.05, 4.69) is 58.1 Å². The molecule has 3 nitrogen and oxygen atoms in total. The van der Waals surface area contributed by atoms with Crippen molar-refractivity contribution in [2.45, 2.75) is 46.2 Å². The Kier molecular flexibility index (Phi) is 7.34. The van der Waals surface area contributed by atoms with Gasteiger partial charge in [0.1, 0.15) is 0 Å². The predicted octanol–water partition coefficient (Wildman–Crippen LogP) is 3.11. The highest BCUT2D eigenvalue weighted by Gasteiger charge is 2.17. The second-order valence-electron chi connectivity index (χ2n) is 4.29. The van der Waals surface area contributed by atoms with Crippen LogP contribution in [0, 0.1) is 0 Å². The third-order valence-corrected chi connectivity index (χ3v) is 4.65. The summed E-state index contributed by atoms with van der Waals surface area (Å²) in [7, 11) is 0. The fourth-order valence-electron chi connectivity index (χ4n) is 2.13. The van der Waals surface area contributed by atoms with E-state index in [-0.39, 0.29) is 0 Å². The van der Waals surface area contributed by atoms with Crippen LogP contribution in [0.15, 0.2) is 4.47 Å². The van der Waals surface area contributed by atoms with Gasteiger partial charge in [-0.15, -0.1) is 0 Å². The fraction of sp³-hybridized carbons (Fsp3) is 0.769. The van der Waals surface area contributed by atoms with Crippen LogP contribution in [0.5, 0.6) is 0 Å². The highest BCUT2D eigenvalue weighted by atomic mass is 79.9. The third-order valence-electron chi connectivity index (χ3n) is 2.99. The molecule has 0 bridgehead atoms. The highest BCUT2D eigenvalue weighted by molar-refractivity contribution is 9.10. The normalized spacial score (nSPS) is 12.9. The SMILES string of the molecule is CCNC(CSC)Cc1c(Br)c(CC)nn1CC. The van der Waals surface area contributed by atoms with Gasteiger partial charge in [0.05, 0.1) is 15.9 Å². The summed E-state index contributed by atoms with van der Waals surface area (Å²) in [6, 6.07) is 0.521. The molecule has 1 unspecified atom stereocenters. The van der Waals surface area contributed by atoms with Crippen LogP contribution >= 0.6 is 27.7 Å². The molecule has 0 amide bonds. The van der Waals surface area contributed by atoms with Crippen molar-refractivity contribution in [1.29, 1.82) is 0 Å². The van der Waals surface area contributed by atoms with Gasteiger partial charge in [0.25, 0.3) is 0 Å². The molecule has 1 N–H and O–H groups in total. The van der Waals surface area contributed by atoms with E-state index in [0.717, 1.165) is 31.7 Å². The number of aromatic nitrogens is 2. The average molecular weight is 334 g/mol. The molecule has 0 aliphatic heterocycles. The molecule has 0 radical (unpaired) electrons. The second-order valence-corrected chi connectivity index (χ2v) is 5.99. The van der Waals surface area contributed by atoms with Crippen molar-refractivity contribution in [3.63, 3.8) is 0 Å².